The van der Waals surface area contributed by atoms with Crippen molar-refractivity contribution in [1.29, 1.82) is 0 Å². The third-order valence-corrected chi connectivity index (χ3v) is 9.35. The smallest absolute Gasteiger partial charge is 0.162 e. The molecule has 5 heteroatoms. The Morgan fingerprint density at radius 3 is 1.75 bits per heavy atom. The normalized spacial score (nSPS) is 11.8. The number of para-hydroxylation sites is 3. The molecule has 0 atom stereocenters. The molecule has 0 spiro atoms. The molecule has 10 aromatic rings. The van der Waals surface area contributed by atoms with E-state index >= 15 is 0 Å². The van der Waals surface area contributed by atoms with Crippen LogP contribution in [0.5, 0.6) is 0 Å². The average molecular weight is 614 g/mol. The van der Waals surface area contributed by atoms with Crippen LogP contribution in [0.25, 0.3) is 88.7 Å². The standard InChI is InChI=1S/C43H27N5/c1-4-15-28(16-5-1)34-27-37(46-43(45-34)29-17-6-2-7-18-29)48-36-25-13-10-21-31(36)38-33-23-14-26-44-40(33)42-39(41(38)48)32-22-11-12-24-35(32)47(42)30-19-8-3-9-20-30/h1-27H. The molecular weight excluding hydrogens is 587 g/mol. The van der Waals surface area contributed by atoms with Gasteiger partial charge in [-0.15, -0.1) is 0 Å². The summed E-state index contributed by atoms with van der Waals surface area (Å²) in [6.45, 7) is 0. The largest absolute Gasteiger partial charge is 0.307 e. The molecule has 0 aliphatic carbocycles. The van der Waals surface area contributed by atoms with Crippen LogP contribution in [0.3, 0.4) is 0 Å². The van der Waals surface area contributed by atoms with E-state index in [1.165, 1.54) is 10.8 Å². The maximum atomic E-state index is 5.33. The van der Waals surface area contributed by atoms with Crippen LogP contribution in [0.15, 0.2) is 164 Å². The molecule has 0 saturated heterocycles. The van der Waals surface area contributed by atoms with Crippen LogP contribution in [0.1, 0.15) is 0 Å². The predicted octanol–water partition coefficient (Wildman–Crippen LogP) is 10.6. The molecule has 0 radical (unpaired) electrons. The zero-order valence-electron chi connectivity index (χ0n) is 25.8. The van der Waals surface area contributed by atoms with Crippen LogP contribution >= 0.6 is 0 Å². The Balaban J connectivity index is 1.45. The van der Waals surface area contributed by atoms with Crippen molar-refractivity contribution in [1.82, 2.24) is 24.1 Å². The van der Waals surface area contributed by atoms with Gasteiger partial charge in [0.2, 0.25) is 0 Å². The number of fused-ring (bicyclic) bond motifs is 10. The average Bonchev–Trinajstić information content (AvgIpc) is 3.70. The lowest BCUT2D eigenvalue weighted by Gasteiger charge is -2.14. The minimum Gasteiger partial charge on any atom is -0.307 e. The zero-order chi connectivity index (χ0) is 31.6. The summed E-state index contributed by atoms with van der Waals surface area (Å²) in [5.41, 5.74) is 9.35. The van der Waals surface area contributed by atoms with Crippen LogP contribution < -0.4 is 0 Å². The Bertz CT molecular complexity index is 2760. The molecule has 0 unspecified atom stereocenters. The highest BCUT2D eigenvalue weighted by atomic mass is 15.1. The molecule has 0 aliphatic rings. The minimum atomic E-state index is 0.684. The van der Waals surface area contributed by atoms with Crippen molar-refractivity contribution in [3.8, 4) is 34.2 Å². The summed E-state index contributed by atoms with van der Waals surface area (Å²) in [6.07, 6.45) is 1.91. The van der Waals surface area contributed by atoms with Crippen molar-refractivity contribution < 1.29 is 0 Å². The lowest BCUT2D eigenvalue weighted by atomic mass is 10.0. The Labute approximate surface area is 276 Å². The molecule has 0 amide bonds. The van der Waals surface area contributed by atoms with Gasteiger partial charge in [-0.1, -0.05) is 121 Å². The minimum absolute atomic E-state index is 0.684. The number of nitrogens with zero attached hydrogens (tertiary/aromatic N) is 5. The van der Waals surface area contributed by atoms with Gasteiger partial charge in [-0.2, -0.15) is 0 Å². The highest BCUT2D eigenvalue weighted by Gasteiger charge is 2.25. The number of hydrogen-bond donors (Lipinski definition) is 0. The predicted molar refractivity (Wildman–Crippen MR) is 197 cm³/mol. The van der Waals surface area contributed by atoms with Gasteiger partial charge in [0.1, 0.15) is 5.82 Å². The monoisotopic (exact) mass is 613 g/mol. The van der Waals surface area contributed by atoms with E-state index in [1.54, 1.807) is 0 Å². The summed E-state index contributed by atoms with van der Waals surface area (Å²) in [5, 5.41) is 5.74. The lowest BCUT2D eigenvalue weighted by molar-refractivity contribution is 1.05. The maximum absolute atomic E-state index is 5.33. The third-order valence-electron chi connectivity index (χ3n) is 9.35. The van der Waals surface area contributed by atoms with Crippen molar-refractivity contribution in [3.05, 3.63) is 164 Å². The van der Waals surface area contributed by atoms with Crippen LogP contribution in [0.2, 0.25) is 0 Å². The summed E-state index contributed by atoms with van der Waals surface area (Å²) in [4.78, 5) is 15.5. The second-order valence-corrected chi connectivity index (χ2v) is 12.1. The Hall–Kier alpha value is -6.59. The van der Waals surface area contributed by atoms with E-state index in [4.69, 9.17) is 15.0 Å². The molecule has 0 saturated carbocycles. The summed E-state index contributed by atoms with van der Waals surface area (Å²) in [7, 11) is 0. The van der Waals surface area contributed by atoms with Gasteiger partial charge in [0.25, 0.3) is 0 Å². The zero-order valence-corrected chi connectivity index (χ0v) is 25.8. The Kier molecular flexibility index (Phi) is 5.81. The molecule has 4 aromatic heterocycles. The summed E-state index contributed by atoms with van der Waals surface area (Å²) in [6, 6.07) is 54.9. The van der Waals surface area contributed by atoms with Gasteiger partial charge in [-0.05, 0) is 30.3 Å². The number of rotatable bonds is 4. The molecule has 10 rings (SSSR count). The fourth-order valence-corrected chi connectivity index (χ4v) is 7.35. The number of aromatic nitrogens is 5. The third kappa shape index (κ3) is 3.88. The Morgan fingerprint density at radius 1 is 0.438 bits per heavy atom. The van der Waals surface area contributed by atoms with Gasteiger partial charge in [0.05, 0.1) is 33.3 Å². The number of hydrogen-bond acceptors (Lipinski definition) is 3. The van der Waals surface area contributed by atoms with E-state index < -0.39 is 0 Å². The molecule has 48 heavy (non-hydrogen) atoms. The summed E-state index contributed by atoms with van der Waals surface area (Å²) < 4.78 is 4.72. The molecule has 5 nitrogen and oxygen atoms in total. The van der Waals surface area contributed by atoms with E-state index in [9.17, 15) is 0 Å². The molecule has 0 fully saturated rings. The van der Waals surface area contributed by atoms with Crippen molar-refractivity contribution in [2.45, 2.75) is 0 Å². The van der Waals surface area contributed by atoms with E-state index in [2.05, 4.69) is 137 Å². The first-order valence-corrected chi connectivity index (χ1v) is 16.1. The second-order valence-electron chi connectivity index (χ2n) is 12.1. The number of pyridine rings is 1. The summed E-state index contributed by atoms with van der Waals surface area (Å²) >= 11 is 0. The van der Waals surface area contributed by atoms with Crippen LogP contribution in [0.4, 0.5) is 0 Å². The maximum Gasteiger partial charge on any atom is 0.162 e. The molecule has 4 heterocycles. The van der Waals surface area contributed by atoms with Gasteiger partial charge in [-0.25, -0.2) is 9.97 Å². The SMILES string of the molecule is c1ccc(-c2cc(-n3c4ccccc4c4c5cccnc5c5c(c6ccccc6n5-c5ccccc5)c43)nc(-c3ccccc3)n2)cc1. The van der Waals surface area contributed by atoms with Crippen molar-refractivity contribution in [2.24, 2.45) is 0 Å². The Morgan fingerprint density at radius 2 is 1.02 bits per heavy atom. The van der Waals surface area contributed by atoms with E-state index in [0.717, 1.165) is 72.1 Å². The highest BCUT2D eigenvalue weighted by Crippen LogP contribution is 2.46. The van der Waals surface area contributed by atoms with Crippen molar-refractivity contribution >= 4 is 54.5 Å². The highest BCUT2D eigenvalue weighted by molar-refractivity contribution is 6.36. The van der Waals surface area contributed by atoms with Gasteiger partial charge in [-0.3, -0.25) is 9.55 Å². The first-order valence-electron chi connectivity index (χ1n) is 16.1. The second kappa shape index (κ2) is 10.5. The van der Waals surface area contributed by atoms with E-state index in [1.807, 2.05) is 36.5 Å². The van der Waals surface area contributed by atoms with Crippen molar-refractivity contribution in [2.75, 3.05) is 0 Å². The molecule has 6 aromatic carbocycles. The van der Waals surface area contributed by atoms with E-state index in [-0.39, 0.29) is 0 Å². The van der Waals surface area contributed by atoms with Crippen LogP contribution in [0, 0.1) is 0 Å². The first-order chi connectivity index (χ1) is 23.8. The quantitative estimate of drug-likeness (QED) is 0.198. The van der Waals surface area contributed by atoms with Crippen LogP contribution in [-0.2, 0) is 0 Å². The van der Waals surface area contributed by atoms with Gasteiger partial charge in [0, 0.05) is 56.0 Å². The van der Waals surface area contributed by atoms with Crippen molar-refractivity contribution in [3.63, 3.8) is 0 Å². The molecule has 0 bridgehead atoms. The topological polar surface area (TPSA) is 48.5 Å². The van der Waals surface area contributed by atoms with E-state index in [0.29, 0.717) is 5.82 Å². The lowest BCUT2D eigenvalue weighted by Crippen LogP contribution is -2.03. The summed E-state index contributed by atoms with van der Waals surface area (Å²) in [5.74, 6) is 1.50. The molecular formula is C43H27N5. The fourth-order valence-electron chi connectivity index (χ4n) is 7.35. The van der Waals surface area contributed by atoms with Gasteiger partial charge >= 0.3 is 0 Å². The molecule has 0 aliphatic heterocycles. The molecule has 224 valence electrons. The fraction of sp³-hybridized carbons (Fsp3) is 0. The number of benzene rings is 6. The first kappa shape index (κ1) is 26.6. The van der Waals surface area contributed by atoms with Gasteiger partial charge < -0.3 is 4.57 Å². The van der Waals surface area contributed by atoms with Crippen LogP contribution in [-0.4, -0.2) is 24.1 Å². The van der Waals surface area contributed by atoms with Gasteiger partial charge in [0.15, 0.2) is 5.82 Å². The molecule has 0 N–H and O–H groups in total.